The van der Waals surface area contributed by atoms with Crippen LogP contribution < -0.4 is 19.5 Å². The van der Waals surface area contributed by atoms with Crippen molar-refractivity contribution in [3.05, 3.63) is 58.5 Å². The average Bonchev–Trinajstić information content (AvgIpc) is 3.06. The van der Waals surface area contributed by atoms with Gasteiger partial charge in [0.05, 0.1) is 24.7 Å². The molecule has 1 saturated heterocycles. The van der Waals surface area contributed by atoms with Gasteiger partial charge in [0.2, 0.25) is 0 Å². The maximum atomic E-state index is 11.8. The molecule has 0 radical (unpaired) electrons. The lowest BCUT2D eigenvalue weighted by Gasteiger charge is -2.13. The van der Waals surface area contributed by atoms with E-state index < -0.39 is 0 Å². The number of thioether (sulfide) groups is 1. The van der Waals surface area contributed by atoms with Crippen LogP contribution >= 0.6 is 24.0 Å². The Morgan fingerprint density at radius 1 is 0.968 bits per heavy atom. The number of amides is 1. The van der Waals surface area contributed by atoms with Crippen molar-refractivity contribution in [2.24, 2.45) is 0 Å². The first-order valence-corrected chi connectivity index (χ1v) is 11.2. The van der Waals surface area contributed by atoms with E-state index in [0.717, 1.165) is 16.9 Å². The van der Waals surface area contributed by atoms with Crippen molar-refractivity contribution >= 4 is 40.3 Å². The monoisotopic (exact) mass is 459 g/mol. The predicted octanol–water partition coefficient (Wildman–Crippen LogP) is 4.36. The van der Waals surface area contributed by atoms with Gasteiger partial charge >= 0.3 is 0 Å². The van der Waals surface area contributed by atoms with Crippen LogP contribution in [0.3, 0.4) is 0 Å². The molecule has 1 fully saturated rings. The summed E-state index contributed by atoms with van der Waals surface area (Å²) in [5, 5.41) is 2.61. The van der Waals surface area contributed by atoms with E-state index in [2.05, 4.69) is 5.32 Å². The number of rotatable bonds is 11. The Balaban J connectivity index is 1.46. The van der Waals surface area contributed by atoms with Crippen LogP contribution in [0.1, 0.15) is 18.1 Å². The van der Waals surface area contributed by atoms with Crippen molar-refractivity contribution in [1.29, 1.82) is 0 Å². The minimum absolute atomic E-state index is 0.183. The second-order valence-electron chi connectivity index (χ2n) is 6.57. The minimum atomic E-state index is -0.183. The molecule has 0 spiro atoms. The third-order valence-electron chi connectivity index (χ3n) is 4.27. The van der Waals surface area contributed by atoms with Crippen molar-refractivity contribution in [3.8, 4) is 17.2 Å². The van der Waals surface area contributed by atoms with Crippen LogP contribution in [0.2, 0.25) is 0 Å². The van der Waals surface area contributed by atoms with Crippen molar-refractivity contribution in [2.75, 3.05) is 33.0 Å². The van der Waals surface area contributed by atoms with Crippen LogP contribution in [-0.2, 0) is 9.53 Å². The molecule has 0 aliphatic carbocycles. The first kappa shape index (κ1) is 23.1. The van der Waals surface area contributed by atoms with Crippen LogP contribution in [-0.4, -0.2) is 43.3 Å². The number of aryl methyl sites for hydroxylation is 1. The number of carbonyl (C=O) groups excluding carboxylic acids is 1. The highest BCUT2D eigenvalue weighted by molar-refractivity contribution is 8.26. The highest BCUT2D eigenvalue weighted by Crippen LogP contribution is 2.31. The number of carbonyl (C=O) groups is 1. The van der Waals surface area contributed by atoms with E-state index in [1.165, 1.54) is 11.8 Å². The summed E-state index contributed by atoms with van der Waals surface area (Å²) in [6.45, 7) is 6.20. The van der Waals surface area contributed by atoms with Crippen LogP contribution in [0.5, 0.6) is 17.2 Å². The van der Waals surface area contributed by atoms with Gasteiger partial charge in [0.25, 0.3) is 5.91 Å². The Bertz CT molecular complexity index is 961. The molecule has 1 aliphatic rings. The summed E-state index contributed by atoms with van der Waals surface area (Å²) in [5.74, 6) is 1.93. The van der Waals surface area contributed by atoms with E-state index in [4.69, 9.17) is 31.2 Å². The SMILES string of the molecule is CCOc1cc(/C=C2/SC(=S)NC2=O)ccc1OCCOCCOc1ccccc1C. The number of thiocarbonyl (C=S) groups is 1. The smallest absolute Gasteiger partial charge is 0.263 e. The summed E-state index contributed by atoms with van der Waals surface area (Å²) in [6.07, 6.45) is 1.78. The zero-order valence-electron chi connectivity index (χ0n) is 17.5. The number of hydrogen-bond donors (Lipinski definition) is 1. The summed E-state index contributed by atoms with van der Waals surface area (Å²) in [7, 11) is 0. The van der Waals surface area contributed by atoms with E-state index in [-0.39, 0.29) is 5.91 Å². The van der Waals surface area contributed by atoms with Crippen molar-refractivity contribution in [1.82, 2.24) is 5.32 Å². The molecule has 2 aromatic carbocycles. The van der Waals surface area contributed by atoms with E-state index in [1.54, 1.807) is 6.08 Å². The van der Waals surface area contributed by atoms with Crippen LogP contribution in [0.25, 0.3) is 6.08 Å². The van der Waals surface area contributed by atoms with Gasteiger partial charge in [0.15, 0.2) is 11.5 Å². The zero-order chi connectivity index (χ0) is 22.1. The molecular formula is C23H25NO5S2. The van der Waals surface area contributed by atoms with Gasteiger partial charge in [-0.05, 0) is 49.2 Å². The molecule has 0 aromatic heterocycles. The number of ether oxygens (including phenoxy) is 4. The Morgan fingerprint density at radius 3 is 2.39 bits per heavy atom. The standard InChI is InChI=1S/C23H25NO5S2/c1-3-27-20-14-17(15-21-22(25)24-23(30)31-21)8-9-19(20)29-13-11-26-10-12-28-18-7-5-4-6-16(18)2/h4-9,14-15H,3,10-13H2,1-2H3,(H,24,25,30)/b21-15+. The van der Waals surface area contributed by atoms with Crippen LogP contribution in [0.15, 0.2) is 47.4 Å². The molecule has 2 aromatic rings. The van der Waals surface area contributed by atoms with Crippen LogP contribution in [0.4, 0.5) is 0 Å². The van der Waals surface area contributed by atoms with Gasteiger partial charge in [-0.1, -0.05) is 48.2 Å². The summed E-state index contributed by atoms with van der Waals surface area (Å²) in [5.41, 5.74) is 1.94. The molecule has 1 heterocycles. The Hall–Kier alpha value is -2.55. The second-order valence-corrected chi connectivity index (χ2v) is 8.29. The van der Waals surface area contributed by atoms with Gasteiger partial charge in [-0.15, -0.1) is 0 Å². The molecule has 1 aliphatic heterocycles. The van der Waals surface area contributed by atoms with Crippen molar-refractivity contribution in [2.45, 2.75) is 13.8 Å². The third-order valence-corrected chi connectivity index (χ3v) is 5.43. The Kier molecular flexibility index (Phi) is 8.75. The molecule has 0 bridgehead atoms. The van der Waals surface area contributed by atoms with Crippen molar-refractivity contribution < 1.29 is 23.7 Å². The van der Waals surface area contributed by atoms with Gasteiger partial charge in [0, 0.05) is 0 Å². The Labute approximate surface area is 191 Å². The lowest BCUT2D eigenvalue weighted by Crippen LogP contribution is -2.17. The van der Waals surface area contributed by atoms with E-state index in [9.17, 15) is 4.79 Å². The molecule has 164 valence electrons. The number of nitrogens with one attached hydrogen (secondary N) is 1. The lowest BCUT2D eigenvalue weighted by molar-refractivity contribution is -0.115. The second kappa shape index (κ2) is 11.7. The molecule has 31 heavy (non-hydrogen) atoms. The van der Waals surface area contributed by atoms with E-state index >= 15 is 0 Å². The van der Waals surface area contributed by atoms with Crippen LogP contribution in [0, 0.1) is 6.92 Å². The van der Waals surface area contributed by atoms with Gasteiger partial charge < -0.3 is 24.3 Å². The fourth-order valence-electron chi connectivity index (χ4n) is 2.82. The number of benzene rings is 2. The number of hydrogen-bond acceptors (Lipinski definition) is 7. The highest BCUT2D eigenvalue weighted by Gasteiger charge is 2.22. The molecule has 0 unspecified atom stereocenters. The molecule has 1 N–H and O–H groups in total. The summed E-state index contributed by atoms with van der Waals surface area (Å²) >= 11 is 6.27. The summed E-state index contributed by atoms with van der Waals surface area (Å²) in [6, 6.07) is 13.4. The van der Waals surface area contributed by atoms with Gasteiger partial charge in [-0.25, -0.2) is 0 Å². The molecule has 0 saturated carbocycles. The van der Waals surface area contributed by atoms with Gasteiger partial charge in [-0.3, -0.25) is 4.79 Å². The summed E-state index contributed by atoms with van der Waals surface area (Å²) in [4.78, 5) is 12.4. The maximum absolute atomic E-state index is 11.8. The molecule has 0 atom stereocenters. The lowest BCUT2D eigenvalue weighted by atomic mass is 10.2. The zero-order valence-corrected chi connectivity index (χ0v) is 19.1. The molecule has 3 rings (SSSR count). The first-order chi connectivity index (χ1) is 15.1. The summed E-state index contributed by atoms with van der Waals surface area (Å²) < 4.78 is 23.3. The fraction of sp³-hybridized carbons (Fsp3) is 0.304. The Morgan fingerprint density at radius 2 is 1.71 bits per heavy atom. The topological polar surface area (TPSA) is 66.0 Å². The van der Waals surface area contributed by atoms with E-state index in [1.807, 2.05) is 56.3 Å². The van der Waals surface area contributed by atoms with Gasteiger partial charge in [0.1, 0.15) is 23.3 Å². The molecule has 6 nitrogen and oxygen atoms in total. The highest BCUT2D eigenvalue weighted by atomic mass is 32.2. The first-order valence-electron chi connectivity index (χ1n) is 9.97. The fourth-order valence-corrected chi connectivity index (χ4v) is 3.86. The van der Waals surface area contributed by atoms with Gasteiger partial charge in [-0.2, -0.15) is 0 Å². The maximum Gasteiger partial charge on any atom is 0.263 e. The quantitative estimate of drug-likeness (QED) is 0.304. The average molecular weight is 460 g/mol. The minimum Gasteiger partial charge on any atom is -0.491 e. The number of para-hydroxylation sites is 1. The normalized spacial score (nSPS) is 14.6. The molecule has 1 amide bonds. The third kappa shape index (κ3) is 6.99. The largest absolute Gasteiger partial charge is 0.491 e. The van der Waals surface area contributed by atoms with Crippen molar-refractivity contribution in [3.63, 3.8) is 0 Å². The molecule has 8 heteroatoms. The van der Waals surface area contributed by atoms with E-state index in [0.29, 0.717) is 53.8 Å². The molecular weight excluding hydrogens is 434 g/mol. The predicted molar refractivity (Wildman–Crippen MR) is 127 cm³/mol.